The van der Waals surface area contributed by atoms with E-state index in [0.29, 0.717) is 10.8 Å². The monoisotopic (exact) mass is 428 g/mol. The summed E-state index contributed by atoms with van der Waals surface area (Å²) >= 11 is 6.18. The summed E-state index contributed by atoms with van der Waals surface area (Å²) < 4.78 is 29.3. The highest BCUT2D eigenvalue weighted by Crippen LogP contribution is 2.60. The molecule has 0 saturated heterocycles. The van der Waals surface area contributed by atoms with Crippen LogP contribution in [0.15, 0.2) is 36.7 Å². The summed E-state index contributed by atoms with van der Waals surface area (Å²) in [5.41, 5.74) is 3.88. The van der Waals surface area contributed by atoms with Crippen molar-refractivity contribution in [3.63, 3.8) is 0 Å². The van der Waals surface area contributed by atoms with Gasteiger partial charge in [-0.25, -0.2) is 18.3 Å². The quantitative estimate of drug-likeness (QED) is 0.606. The minimum Gasteiger partial charge on any atom is -0.305 e. The Kier molecular flexibility index (Phi) is 3.52. The van der Waals surface area contributed by atoms with Crippen LogP contribution in [0.25, 0.3) is 5.65 Å². The standard InChI is InChI=1S/C22H19ClF2N4O/c1-21(24,25)11-28-17-8-12(2-3-16(17)22(4-5-22)20(28)30)13-9-14(13)15-10-18(23)27-29-7-6-26-19(15)29/h2-3,6-8,10,13-14H,4-5,9,11H2,1H3/t13-,14?/m1/s1. The number of aromatic nitrogens is 3. The smallest absolute Gasteiger partial charge is 0.263 e. The summed E-state index contributed by atoms with van der Waals surface area (Å²) in [6, 6.07) is 7.83. The molecule has 1 aliphatic heterocycles. The Morgan fingerprint density at radius 1 is 1.27 bits per heavy atom. The van der Waals surface area contributed by atoms with Crippen LogP contribution in [0, 0.1) is 0 Å². The van der Waals surface area contributed by atoms with Gasteiger partial charge in [-0.15, -0.1) is 0 Å². The van der Waals surface area contributed by atoms with Gasteiger partial charge in [-0.3, -0.25) is 4.79 Å². The second-order valence-corrected chi connectivity index (χ2v) is 9.27. The fourth-order valence-corrected chi connectivity index (χ4v) is 5.22. The molecule has 30 heavy (non-hydrogen) atoms. The molecular weight excluding hydrogens is 410 g/mol. The van der Waals surface area contributed by atoms with E-state index in [4.69, 9.17) is 11.6 Å². The summed E-state index contributed by atoms with van der Waals surface area (Å²) in [5, 5.41) is 4.64. The number of carbonyl (C=O) groups excluding carboxylic acids is 1. The normalized spacial score (nSPS) is 24.0. The van der Waals surface area contributed by atoms with Gasteiger partial charge in [0, 0.05) is 30.6 Å². The van der Waals surface area contributed by atoms with Crippen LogP contribution in [-0.4, -0.2) is 33.0 Å². The zero-order valence-corrected chi connectivity index (χ0v) is 17.0. The summed E-state index contributed by atoms with van der Waals surface area (Å²) in [7, 11) is 0. The molecule has 8 heteroatoms. The van der Waals surface area contributed by atoms with Crippen LogP contribution < -0.4 is 4.90 Å². The molecule has 1 unspecified atom stereocenters. The van der Waals surface area contributed by atoms with E-state index in [0.717, 1.165) is 48.5 Å². The molecule has 3 heterocycles. The number of alkyl halides is 2. The highest BCUT2D eigenvalue weighted by Gasteiger charge is 2.60. The van der Waals surface area contributed by atoms with Crippen LogP contribution in [0.5, 0.6) is 0 Å². The Bertz CT molecular complexity index is 1210. The fraction of sp³-hybridized carbons (Fsp3) is 0.409. The molecular formula is C22H19ClF2N4O. The third kappa shape index (κ3) is 2.61. The number of anilines is 1. The molecule has 1 aromatic carbocycles. The van der Waals surface area contributed by atoms with Gasteiger partial charge in [0.2, 0.25) is 5.91 Å². The lowest BCUT2D eigenvalue weighted by Crippen LogP contribution is -2.39. The van der Waals surface area contributed by atoms with Crippen molar-refractivity contribution in [1.29, 1.82) is 0 Å². The van der Waals surface area contributed by atoms with Gasteiger partial charge in [0.05, 0.1) is 12.0 Å². The van der Waals surface area contributed by atoms with E-state index in [9.17, 15) is 13.6 Å². The van der Waals surface area contributed by atoms with E-state index in [1.54, 1.807) is 16.9 Å². The summed E-state index contributed by atoms with van der Waals surface area (Å²) in [5.74, 6) is -2.64. The summed E-state index contributed by atoms with van der Waals surface area (Å²) in [6.45, 7) is 0.286. The third-order valence-electron chi connectivity index (χ3n) is 6.64. The number of nitrogens with zero attached hydrogens (tertiary/aromatic N) is 4. The second-order valence-electron chi connectivity index (χ2n) is 8.89. The van der Waals surface area contributed by atoms with Crippen LogP contribution in [0.1, 0.15) is 54.7 Å². The van der Waals surface area contributed by atoms with E-state index in [1.807, 2.05) is 18.2 Å². The van der Waals surface area contributed by atoms with Gasteiger partial charge in [-0.2, -0.15) is 5.10 Å². The Labute approximate surface area is 176 Å². The first kappa shape index (κ1) is 18.2. The molecule has 2 fully saturated rings. The zero-order valence-electron chi connectivity index (χ0n) is 16.3. The number of benzene rings is 1. The predicted molar refractivity (Wildman–Crippen MR) is 108 cm³/mol. The Morgan fingerprint density at radius 2 is 2.07 bits per heavy atom. The Balaban J connectivity index is 1.36. The average Bonchev–Trinajstić information content (AvgIpc) is 3.59. The van der Waals surface area contributed by atoms with Crippen molar-refractivity contribution in [3.05, 3.63) is 58.5 Å². The van der Waals surface area contributed by atoms with Crippen LogP contribution in [0.4, 0.5) is 14.5 Å². The second kappa shape index (κ2) is 5.78. The number of halogens is 3. The van der Waals surface area contributed by atoms with E-state index >= 15 is 0 Å². The van der Waals surface area contributed by atoms with Crippen LogP contribution in [0.3, 0.4) is 0 Å². The van der Waals surface area contributed by atoms with Crippen LogP contribution in [0.2, 0.25) is 5.15 Å². The fourth-order valence-electron chi connectivity index (χ4n) is 5.02. The Hall–Kier alpha value is -2.54. The summed E-state index contributed by atoms with van der Waals surface area (Å²) in [4.78, 5) is 18.6. The van der Waals surface area contributed by atoms with Crippen molar-refractivity contribution >= 4 is 28.8 Å². The van der Waals surface area contributed by atoms with Gasteiger partial charge in [0.25, 0.3) is 5.92 Å². The van der Waals surface area contributed by atoms with Crippen molar-refractivity contribution in [2.75, 3.05) is 11.4 Å². The highest BCUT2D eigenvalue weighted by molar-refractivity contribution is 6.29. The van der Waals surface area contributed by atoms with Crippen LogP contribution >= 0.6 is 11.6 Å². The third-order valence-corrected chi connectivity index (χ3v) is 6.83. The van der Waals surface area contributed by atoms with Gasteiger partial charge in [-0.1, -0.05) is 23.7 Å². The molecule has 5 nitrogen and oxygen atoms in total. The van der Waals surface area contributed by atoms with Gasteiger partial charge >= 0.3 is 0 Å². The number of amides is 1. The lowest BCUT2D eigenvalue weighted by Gasteiger charge is -2.22. The van der Waals surface area contributed by atoms with Crippen molar-refractivity contribution < 1.29 is 13.6 Å². The molecule has 0 bridgehead atoms. The van der Waals surface area contributed by atoms with E-state index < -0.39 is 17.9 Å². The number of hydrogen-bond acceptors (Lipinski definition) is 3. The van der Waals surface area contributed by atoms with Crippen LogP contribution in [-0.2, 0) is 10.2 Å². The molecule has 1 amide bonds. The largest absolute Gasteiger partial charge is 0.305 e. The van der Waals surface area contributed by atoms with Crippen molar-refractivity contribution in [2.45, 2.75) is 49.4 Å². The number of rotatable bonds is 4. The minimum absolute atomic E-state index is 0.177. The van der Waals surface area contributed by atoms with Gasteiger partial charge in [-0.05, 0) is 54.4 Å². The molecule has 2 saturated carbocycles. The van der Waals surface area contributed by atoms with E-state index in [-0.39, 0.29) is 17.7 Å². The first-order chi connectivity index (χ1) is 14.3. The maximum Gasteiger partial charge on any atom is 0.263 e. The number of imidazole rings is 1. The lowest BCUT2D eigenvalue weighted by molar-refractivity contribution is -0.121. The first-order valence-corrected chi connectivity index (χ1v) is 10.5. The van der Waals surface area contributed by atoms with E-state index in [1.165, 1.54) is 4.90 Å². The molecule has 2 atom stereocenters. The van der Waals surface area contributed by atoms with Gasteiger partial charge in [0.1, 0.15) is 5.15 Å². The SMILES string of the molecule is CC(F)(F)CN1C(=O)C2(CC2)c2ccc([C@H]3CC3c3cc(Cl)nn4ccnc34)cc21. The van der Waals surface area contributed by atoms with Crippen molar-refractivity contribution in [3.8, 4) is 0 Å². The van der Waals surface area contributed by atoms with Crippen molar-refractivity contribution in [2.24, 2.45) is 0 Å². The lowest BCUT2D eigenvalue weighted by atomic mass is 9.95. The minimum atomic E-state index is -2.94. The molecule has 0 radical (unpaired) electrons. The molecule has 154 valence electrons. The van der Waals surface area contributed by atoms with Gasteiger partial charge in [0.15, 0.2) is 5.65 Å². The molecule has 3 aliphatic rings. The predicted octanol–water partition coefficient (Wildman–Crippen LogP) is 4.69. The molecule has 6 rings (SSSR count). The zero-order chi connectivity index (χ0) is 20.8. The van der Waals surface area contributed by atoms with E-state index in [2.05, 4.69) is 16.1 Å². The maximum absolute atomic E-state index is 13.8. The van der Waals surface area contributed by atoms with Gasteiger partial charge < -0.3 is 4.90 Å². The number of fused-ring (bicyclic) bond motifs is 3. The molecule has 2 aliphatic carbocycles. The maximum atomic E-state index is 13.8. The highest BCUT2D eigenvalue weighted by atomic mass is 35.5. The number of carbonyl (C=O) groups is 1. The van der Waals surface area contributed by atoms with Crippen molar-refractivity contribution in [1.82, 2.24) is 14.6 Å². The molecule has 3 aromatic rings. The summed E-state index contributed by atoms with van der Waals surface area (Å²) in [6.07, 6.45) is 5.86. The average molecular weight is 429 g/mol. The first-order valence-electron chi connectivity index (χ1n) is 10.1. The number of hydrogen-bond donors (Lipinski definition) is 0. The molecule has 0 N–H and O–H groups in total. The molecule has 1 spiro atoms. The molecule has 2 aromatic heterocycles. The topological polar surface area (TPSA) is 50.5 Å². The Morgan fingerprint density at radius 3 is 2.80 bits per heavy atom.